The summed E-state index contributed by atoms with van der Waals surface area (Å²) in [5.74, 6) is 0. The molecule has 1 nitrogen and oxygen atoms in total. The Kier molecular flexibility index (Phi) is 5.64. The molecule has 0 rings (SSSR count). The number of alkyl halides is 1. The van der Waals surface area contributed by atoms with Gasteiger partial charge in [0.1, 0.15) is 0 Å². The number of nitrogens with zero attached hydrogens (tertiary/aromatic N) is 1. The zero-order chi connectivity index (χ0) is 6.41. The summed E-state index contributed by atoms with van der Waals surface area (Å²) < 4.78 is 0.726. The van der Waals surface area contributed by atoms with Gasteiger partial charge in [0.25, 0.3) is 0 Å². The Labute approximate surface area is 64.2 Å². The van der Waals surface area contributed by atoms with E-state index in [9.17, 15) is 0 Å². The molecule has 0 aliphatic rings. The van der Waals surface area contributed by atoms with Crippen LogP contribution >= 0.6 is 32.3 Å². The summed E-state index contributed by atoms with van der Waals surface area (Å²) in [5.41, 5.74) is 0. The predicted molar refractivity (Wildman–Crippen MR) is 49.5 cm³/mol. The quantitative estimate of drug-likeness (QED) is 0.305. The lowest BCUT2D eigenvalue weighted by molar-refractivity contribution is 1.87. The van der Waals surface area contributed by atoms with Gasteiger partial charge in [-0.2, -0.15) is 0 Å². The number of aliphatic imine (C=N–C) groups is 1. The van der Waals surface area contributed by atoms with Crippen molar-refractivity contribution in [2.45, 2.75) is 0 Å². The first-order chi connectivity index (χ1) is 3.81. The van der Waals surface area contributed by atoms with E-state index in [1.807, 2.05) is 0 Å². The van der Waals surface area contributed by atoms with Gasteiger partial charge in [-0.1, -0.05) is 45.0 Å². The first-order valence-electron chi connectivity index (χ1n) is 1.98. The highest BCUT2D eigenvalue weighted by Crippen LogP contribution is 1.98. The molecule has 0 aromatic heterocycles. The van der Waals surface area contributed by atoms with Crippen molar-refractivity contribution in [2.75, 3.05) is 4.93 Å². The molecule has 46 valence electrons. The van der Waals surface area contributed by atoms with E-state index < -0.39 is 0 Å². The van der Waals surface area contributed by atoms with Crippen LogP contribution in [0.4, 0.5) is 0 Å². The van der Waals surface area contributed by atoms with Gasteiger partial charge < -0.3 is 0 Å². The van der Waals surface area contributed by atoms with Crippen LogP contribution in [0.2, 0.25) is 0 Å². The SMILES string of the molecule is C=CC=NC(Cl)=IC. The molecule has 0 spiro atoms. The average Bonchev–Trinajstić information content (AvgIpc) is 1.83. The molecule has 0 unspecified atom stereocenters. The maximum absolute atomic E-state index is 5.56. The molecule has 0 radical (unpaired) electrons. The number of hydrogen-bond acceptors (Lipinski definition) is 1. The van der Waals surface area contributed by atoms with Crippen LogP contribution in [-0.2, 0) is 0 Å². The van der Waals surface area contributed by atoms with Crippen LogP contribution in [0.15, 0.2) is 17.6 Å². The highest BCUT2D eigenvalue weighted by molar-refractivity contribution is 14.2. The maximum atomic E-state index is 5.56. The van der Waals surface area contributed by atoms with Crippen molar-refractivity contribution in [3.63, 3.8) is 0 Å². The van der Waals surface area contributed by atoms with Crippen LogP contribution in [-0.4, -0.2) is 14.2 Å². The summed E-state index contributed by atoms with van der Waals surface area (Å²) >= 11 is 5.53. The monoisotopic (exact) mass is 243 g/mol. The van der Waals surface area contributed by atoms with Crippen LogP contribution in [0.5, 0.6) is 0 Å². The first-order valence-corrected chi connectivity index (χ1v) is 5.59. The zero-order valence-electron chi connectivity index (χ0n) is 4.56. The van der Waals surface area contributed by atoms with Crippen LogP contribution in [0.3, 0.4) is 0 Å². The first kappa shape index (κ1) is 8.30. The van der Waals surface area contributed by atoms with E-state index in [0.29, 0.717) is 0 Å². The molecule has 0 N–H and O–H groups in total. The van der Waals surface area contributed by atoms with Gasteiger partial charge in [-0.05, 0) is 4.93 Å². The highest BCUT2D eigenvalue weighted by atomic mass is 127. The fourth-order valence-corrected chi connectivity index (χ4v) is 0.654. The fourth-order valence-electron chi connectivity index (χ4n) is 0.158. The Morgan fingerprint density at radius 2 is 2.50 bits per heavy atom. The Morgan fingerprint density at radius 1 is 1.88 bits per heavy atom. The Hall–Kier alpha value is 0.300. The number of rotatable bonds is 2. The van der Waals surface area contributed by atoms with E-state index in [4.69, 9.17) is 11.6 Å². The van der Waals surface area contributed by atoms with E-state index in [2.05, 4.69) is 16.5 Å². The lowest BCUT2D eigenvalue weighted by Crippen LogP contribution is -1.72. The molecule has 0 saturated carbocycles. The Morgan fingerprint density at radius 3 is 2.88 bits per heavy atom. The van der Waals surface area contributed by atoms with Gasteiger partial charge in [0.2, 0.25) is 0 Å². The minimum Gasteiger partial charge on any atom is -0.239 e. The summed E-state index contributed by atoms with van der Waals surface area (Å²) in [7, 11) is 0. The summed E-state index contributed by atoms with van der Waals surface area (Å²) in [4.78, 5) is 5.91. The zero-order valence-corrected chi connectivity index (χ0v) is 7.48. The third-order valence-electron chi connectivity index (χ3n) is 0.433. The van der Waals surface area contributed by atoms with Crippen LogP contribution < -0.4 is 0 Å². The summed E-state index contributed by atoms with van der Waals surface area (Å²) in [5, 5.41) is 0. The molecule has 0 aliphatic carbocycles. The molecule has 0 amide bonds. The van der Waals surface area contributed by atoms with E-state index in [-0.39, 0.29) is 20.7 Å². The molecular formula is C5H7ClIN. The highest BCUT2D eigenvalue weighted by Gasteiger charge is 1.76. The normalized spacial score (nSPS) is 13.5. The topological polar surface area (TPSA) is 12.4 Å². The average molecular weight is 243 g/mol. The van der Waals surface area contributed by atoms with Crippen molar-refractivity contribution in [2.24, 2.45) is 4.99 Å². The minimum atomic E-state index is -0.0315. The molecule has 0 fully saturated rings. The van der Waals surface area contributed by atoms with Crippen LogP contribution in [0.1, 0.15) is 0 Å². The molecule has 0 atom stereocenters. The van der Waals surface area contributed by atoms with E-state index in [1.165, 1.54) is 0 Å². The minimum absolute atomic E-state index is 0.0315. The van der Waals surface area contributed by atoms with Crippen molar-refractivity contribution in [3.8, 4) is 0 Å². The lowest BCUT2D eigenvalue weighted by atomic mass is 10.7. The van der Waals surface area contributed by atoms with Gasteiger partial charge in [0, 0.05) is 6.21 Å². The second-order valence-corrected chi connectivity index (χ2v) is 4.04. The smallest absolute Gasteiger partial charge is 0.156 e. The largest absolute Gasteiger partial charge is 0.239 e. The molecule has 0 saturated heterocycles. The maximum Gasteiger partial charge on any atom is 0.156 e. The fraction of sp³-hybridized carbons (Fsp3) is 0.200. The molecule has 0 aromatic carbocycles. The van der Waals surface area contributed by atoms with Crippen LogP contribution in [0.25, 0.3) is 0 Å². The predicted octanol–water partition coefficient (Wildman–Crippen LogP) is 2.17. The Balaban J connectivity index is 3.69. The summed E-state index contributed by atoms with van der Waals surface area (Å²) in [6.45, 7) is 3.46. The third-order valence-corrected chi connectivity index (χ3v) is 2.66. The van der Waals surface area contributed by atoms with Crippen LogP contribution in [0, 0.1) is 0 Å². The van der Waals surface area contributed by atoms with Gasteiger partial charge >= 0.3 is 0 Å². The van der Waals surface area contributed by atoms with Crippen molar-refractivity contribution in [1.82, 2.24) is 0 Å². The van der Waals surface area contributed by atoms with E-state index >= 15 is 0 Å². The summed E-state index contributed by atoms with van der Waals surface area (Å²) in [6.07, 6.45) is 3.22. The van der Waals surface area contributed by atoms with Gasteiger partial charge in [-0.15, -0.1) is 0 Å². The van der Waals surface area contributed by atoms with Gasteiger partial charge in [-0.25, -0.2) is 4.99 Å². The molecule has 0 aromatic rings. The van der Waals surface area contributed by atoms with Crippen molar-refractivity contribution >= 4 is 41.6 Å². The van der Waals surface area contributed by atoms with Gasteiger partial charge in [-0.3, -0.25) is 0 Å². The second-order valence-electron chi connectivity index (χ2n) is 0.943. The molecule has 3 heteroatoms. The second kappa shape index (κ2) is 5.44. The lowest BCUT2D eigenvalue weighted by Gasteiger charge is -1.78. The van der Waals surface area contributed by atoms with Crippen molar-refractivity contribution in [3.05, 3.63) is 12.7 Å². The number of halogens is 2. The van der Waals surface area contributed by atoms with Gasteiger partial charge in [0.05, 0.1) is 0 Å². The number of hydrogen-bond donors (Lipinski definition) is 0. The molecule has 0 heterocycles. The molecule has 8 heavy (non-hydrogen) atoms. The third kappa shape index (κ3) is 4.46. The van der Waals surface area contributed by atoms with E-state index in [0.717, 1.165) is 3.09 Å². The molecule has 0 aliphatic heterocycles. The standard InChI is InChI=1S/C5H7ClIN/c1-3-4-8-5(6)7-2/h3-4H,1H2,2H3. The molecule has 0 bridgehead atoms. The summed E-state index contributed by atoms with van der Waals surface area (Å²) in [6, 6.07) is 0. The van der Waals surface area contributed by atoms with Crippen molar-refractivity contribution in [1.29, 1.82) is 0 Å². The molecular weight excluding hydrogens is 236 g/mol. The van der Waals surface area contributed by atoms with E-state index in [1.54, 1.807) is 12.3 Å². The van der Waals surface area contributed by atoms with Gasteiger partial charge in [0.15, 0.2) is 3.09 Å². The Bertz CT molecular complexity index is 128. The number of allylic oxidation sites excluding steroid dienone is 1. The van der Waals surface area contributed by atoms with Crippen molar-refractivity contribution < 1.29 is 0 Å².